The Balaban J connectivity index is 2.00. The van der Waals surface area contributed by atoms with E-state index in [-0.39, 0.29) is 5.56 Å². The highest BCUT2D eigenvalue weighted by Crippen LogP contribution is 2.28. The minimum Gasteiger partial charge on any atom is -0.493 e. The molecule has 2 aromatic rings. The first kappa shape index (κ1) is 19.3. The molecule has 1 amide bonds. The lowest BCUT2D eigenvalue weighted by molar-refractivity contribution is -0.123. The van der Waals surface area contributed by atoms with Gasteiger partial charge >= 0.3 is 5.97 Å². The van der Waals surface area contributed by atoms with Crippen LogP contribution in [0.25, 0.3) is 0 Å². The van der Waals surface area contributed by atoms with Gasteiger partial charge in [0.05, 0.1) is 19.8 Å². The number of benzene rings is 2. The summed E-state index contributed by atoms with van der Waals surface area (Å²) in [6.45, 7) is 3.58. The van der Waals surface area contributed by atoms with E-state index < -0.39 is 18.0 Å². The maximum atomic E-state index is 12.3. The van der Waals surface area contributed by atoms with E-state index in [4.69, 9.17) is 14.2 Å². The Morgan fingerprint density at radius 1 is 1.00 bits per heavy atom. The van der Waals surface area contributed by atoms with Crippen molar-refractivity contribution in [3.8, 4) is 11.5 Å². The van der Waals surface area contributed by atoms with E-state index in [9.17, 15) is 9.59 Å². The van der Waals surface area contributed by atoms with Gasteiger partial charge in [-0.05, 0) is 49.2 Å². The lowest BCUT2D eigenvalue weighted by Crippen LogP contribution is -2.30. The van der Waals surface area contributed by atoms with E-state index in [1.54, 1.807) is 12.1 Å². The van der Waals surface area contributed by atoms with Gasteiger partial charge in [-0.1, -0.05) is 19.1 Å². The van der Waals surface area contributed by atoms with Gasteiger partial charge < -0.3 is 19.5 Å². The number of carbonyl (C=O) groups is 2. The lowest BCUT2D eigenvalue weighted by Gasteiger charge is -2.14. The molecule has 0 unspecified atom stereocenters. The molecule has 0 fully saturated rings. The molecule has 2 rings (SSSR count). The molecule has 0 bridgehead atoms. The maximum Gasteiger partial charge on any atom is 0.339 e. The number of aryl methyl sites for hydroxylation is 1. The molecular formula is C20H23NO5. The van der Waals surface area contributed by atoms with Crippen molar-refractivity contribution in [2.24, 2.45) is 0 Å². The minimum atomic E-state index is -0.943. The third-order valence-electron chi connectivity index (χ3n) is 3.90. The smallest absolute Gasteiger partial charge is 0.339 e. The molecular weight excluding hydrogens is 334 g/mol. The zero-order valence-corrected chi connectivity index (χ0v) is 15.4. The van der Waals surface area contributed by atoms with Crippen LogP contribution >= 0.6 is 0 Å². The number of esters is 1. The van der Waals surface area contributed by atoms with Crippen LogP contribution in [0.1, 0.15) is 29.8 Å². The third-order valence-corrected chi connectivity index (χ3v) is 3.90. The van der Waals surface area contributed by atoms with Gasteiger partial charge in [0.25, 0.3) is 5.91 Å². The lowest BCUT2D eigenvalue weighted by atomic mass is 10.1. The molecule has 0 aromatic heterocycles. The second kappa shape index (κ2) is 8.89. The van der Waals surface area contributed by atoms with Crippen LogP contribution in [0, 0.1) is 0 Å². The summed E-state index contributed by atoms with van der Waals surface area (Å²) >= 11 is 0. The number of methoxy groups -OCH3 is 2. The summed E-state index contributed by atoms with van der Waals surface area (Å²) in [7, 11) is 2.99. The van der Waals surface area contributed by atoms with E-state index in [1.165, 1.54) is 32.8 Å². The monoisotopic (exact) mass is 357 g/mol. The summed E-state index contributed by atoms with van der Waals surface area (Å²) in [5, 5.41) is 2.73. The molecule has 0 aliphatic heterocycles. The van der Waals surface area contributed by atoms with Crippen molar-refractivity contribution in [2.45, 2.75) is 26.4 Å². The van der Waals surface area contributed by atoms with E-state index in [1.807, 2.05) is 24.3 Å². The molecule has 0 aliphatic carbocycles. The van der Waals surface area contributed by atoms with Crippen molar-refractivity contribution in [2.75, 3.05) is 19.5 Å². The van der Waals surface area contributed by atoms with E-state index in [0.717, 1.165) is 6.42 Å². The molecule has 26 heavy (non-hydrogen) atoms. The molecule has 0 saturated carbocycles. The van der Waals surface area contributed by atoms with Crippen LogP contribution in [0.15, 0.2) is 42.5 Å². The number of hydrogen-bond acceptors (Lipinski definition) is 5. The van der Waals surface area contributed by atoms with Gasteiger partial charge in [-0.25, -0.2) is 4.79 Å². The third kappa shape index (κ3) is 4.75. The first-order valence-corrected chi connectivity index (χ1v) is 8.31. The zero-order valence-electron chi connectivity index (χ0n) is 15.4. The van der Waals surface area contributed by atoms with Crippen molar-refractivity contribution in [3.63, 3.8) is 0 Å². The number of carbonyl (C=O) groups excluding carboxylic acids is 2. The van der Waals surface area contributed by atoms with Crippen LogP contribution < -0.4 is 14.8 Å². The number of amides is 1. The van der Waals surface area contributed by atoms with Crippen molar-refractivity contribution < 1.29 is 23.8 Å². The first-order valence-electron chi connectivity index (χ1n) is 8.31. The van der Waals surface area contributed by atoms with Gasteiger partial charge in [-0.15, -0.1) is 0 Å². The Morgan fingerprint density at radius 3 is 2.23 bits per heavy atom. The topological polar surface area (TPSA) is 73.9 Å². The first-order chi connectivity index (χ1) is 12.5. The van der Waals surface area contributed by atoms with E-state index in [0.29, 0.717) is 17.2 Å². The second-order valence-corrected chi connectivity index (χ2v) is 5.66. The Kier molecular flexibility index (Phi) is 6.60. The molecule has 6 nitrogen and oxygen atoms in total. The number of rotatable bonds is 7. The Bertz CT molecular complexity index is 770. The van der Waals surface area contributed by atoms with Gasteiger partial charge in [0.1, 0.15) is 0 Å². The predicted octanol–water partition coefficient (Wildman–Crippen LogP) is 3.45. The molecule has 0 saturated heterocycles. The van der Waals surface area contributed by atoms with E-state index >= 15 is 0 Å². The second-order valence-electron chi connectivity index (χ2n) is 5.66. The highest BCUT2D eigenvalue weighted by Gasteiger charge is 2.20. The largest absolute Gasteiger partial charge is 0.493 e. The zero-order chi connectivity index (χ0) is 19.1. The Labute approximate surface area is 153 Å². The maximum absolute atomic E-state index is 12.3. The molecule has 0 aliphatic rings. The van der Waals surface area contributed by atoms with Gasteiger partial charge in [0, 0.05) is 5.69 Å². The van der Waals surface area contributed by atoms with Crippen molar-refractivity contribution in [1.82, 2.24) is 0 Å². The van der Waals surface area contributed by atoms with Gasteiger partial charge in [0.2, 0.25) is 0 Å². The molecule has 1 N–H and O–H groups in total. The molecule has 0 spiro atoms. The Hall–Kier alpha value is -3.02. The molecule has 1 atom stereocenters. The highest BCUT2D eigenvalue weighted by atomic mass is 16.5. The summed E-state index contributed by atoms with van der Waals surface area (Å²) in [5.74, 6) is -0.0987. The van der Waals surface area contributed by atoms with Crippen LogP contribution in [0.4, 0.5) is 5.69 Å². The van der Waals surface area contributed by atoms with Crippen molar-refractivity contribution in [3.05, 3.63) is 53.6 Å². The van der Waals surface area contributed by atoms with Crippen LogP contribution in [0.5, 0.6) is 11.5 Å². The molecule has 2 aromatic carbocycles. The number of ether oxygens (including phenoxy) is 3. The summed E-state index contributed by atoms with van der Waals surface area (Å²) in [5.41, 5.74) is 2.10. The van der Waals surface area contributed by atoms with Crippen LogP contribution in [0.3, 0.4) is 0 Å². The fraction of sp³-hybridized carbons (Fsp3) is 0.300. The summed E-state index contributed by atoms with van der Waals surface area (Å²) in [6.07, 6.45) is -0.0189. The SMILES string of the molecule is CCc1ccc(NC(=O)[C@H](C)OC(=O)c2ccc(OC)c(OC)c2)cc1. The highest BCUT2D eigenvalue weighted by molar-refractivity contribution is 5.97. The van der Waals surface area contributed by atoms with Crippen molar-refractivity contribution in [1.29, 1.82) is 0 Å². The van der Waals surface area contributed by atoms with E-state index in [2.05, 4.69) is 12.2 Å². The predicted molar refractivity (Wildman–Crippen MR) is 98.9 cm³/mol. The summed E-state index contributed by atoms with van der Waals surface area (Å²) in [6, 6.07) is 12.2. The molecule has 0 radical (unpaired) electrons. The van der Waals surface area contributed by atoms with Crippen LogP contribution in [-0.4, -0.2) is 32.2 Å². The number of nitrogens with one attached hydrogen (secondary N) is 1. The van der Waals surface area contributed by atoms with Gasteiger partial charge in [0.15, 0.2) is 17.6 Å². The molecule has 138 valence electrons. The van der Waals surface area contributed by atoms with Gasteiger partial charge in [-0.2, -0.15) is 0 Å². The quantitative estimate of drug-likeness (QED) is 0.768. The standard InChI is InChI=1S/C20H23NO5/c1-5-14-6-9-16(10-7-14)21-19(22)13(2)26-20(23)15-8-11-17(24-3)18(12-15)25-4/h6-13H,5H2,1-4H3,(H,21,22)/t13-/m0/s1. The summed E-state index contributed by atoms with van der Waals surface area (Å²) < 4.78 is 15.5. The molecule has 0 heterocycles. The Morgan fingerprint density at radius 2 is 1.65 bits per heavy atom. The van der Waals surface area contributed by atoms with Crippen molar-refractivity contribution >= 4 is 17.6 Å². The van der Waals surface area contributed by atoms with Gasteiger partial charge in [-0.3, -0.25) is 4.79 Å². The fourth-order valence-electron chi connectivity index (χ4n) is 2.31. The number of anilines is 1. The fourth-order valence-corrected chi connectivity index (χ4v) is 2.31. The average molecular weight is 357 g/mol. The van der Waals surface area contributed by atoms with Crippen LogP contribution in [-0.2, 0) is 16.0 Å². The molecule has 6 heteroatoms. The number of hydrogen-bond donors (Lipinski definition) is 1. The minimum absolute atomic E-state index is 0.273. The summed E-state index contributed by atoms with van der Waals surface area (Å²) in [4.78, 5) is 24.5. The average Bonchev–Trinajstić information content (AvgIpc) is 2.67. The van der Waals surface area contributed by atoms with Crippen LogP contribution in [0.2, 0.25) is 0 Å². The normalized spacial score (nSPS) is 11.4.